The molecule has 1 saturated carbocycles. The molecule has 1 heterocycles. The van der Waals surface area contributed by atoms with Gasteiger partial charge < -0.3 is 9.30 Å². The molecule has 0 radical (unpaired) electrons. The van der Waals surface area contributed by atoms with Crippen LogP contribution in [0.2, 0.25) is 0 Å². The first-order chi connectivity index (χ1) is 8.63. The molecule has 0 aromatic carbocycles. The fourth-order valence-electron chi connectivity index (χ4n) is 2.91. The van der Waals surface area contributed by atoms with Crippen LogP contribution < -0.4 is 5.56 Å². The van der Waals surface area contributed by atoms with E-state index in [1.807, 2.05) is 22.9 Å². The Balaban J connectivity index is 2.31. The monoisotopic (exact) mass is 249 g/mol. The molecule has 0 bridgehead atoms. The van der Waals surface area contributed by atoms with E-state index in [1.54, 1.807) is 7.11 Å². The third kappa shape index (κ3) is 2.66. The minimum atomic E-state index is 0.167. The Kier molecular flexibility index (Phi) is 4.23. The summed E-state index contributed by atoms with van der Waals surface area (Å²) in [5, 5.41) is 0. The number of hydrogen-bond acceptors (Lipinski definition) is 2. The van der Waals surface area contributed by atoms with Gasteiger partial charge in [-0.25, -0.2) is 0 Å². The highest BCUT2D eigenvalue weighted by atomic mass is 16.5. The number of rotatable bonds is 4. The molecule has 1 aromatic heterocycles. The lowest BCUT2D eigenvalue weighted by Gasteiger charge is -2.21. The van der Waals surface area contributed by atoms with Gasteiger partial charge in [0.2, 0.25) is 0 Å². The third-order valence-electron chi connectivity index (χ3n) is 3.76. The second-order valence-corrected chi connectivity index (χ2v) is 5.62. The maximum atomic E-state index is 12.5. The van der Waals surface area contributed by atoms with Gasteiger partial charge in [0.1, 0.15) is 0 Å². The van der Waals surface area contributed by atoms with E-state index in [0.717, 1.165) is 31.2 Å². The molecule has 1 fully saturated rings. The largest absolute Gasteiger partial charge is 0.379 e. The maximum absolute atomic E-state index is 12.5. The smallest absolute Gasteiger partial charge is 0.254 e. The van der Waals surface area contributed by atoms with Gasteiger partial charge in [0, 0.05) is 18.9 Å². The predicted molar refractivity (Wildman–Crippen MR) is 72.9 cm³/mol. The molecule has 0 unspecified atom stereocenters. The summed E-state index contributed by atoms with van der Waals surface area (Å²) in [5.41, 5.74) is 1.09. The Morgan fingerprint density at radius 2 is 2.22 bits per heavy atom. The zero-order valence-electron chi connectivity index (χ0n) is 11.6. The molecule has 3 nitrogen and oxygen atoms in total. The van der Waals surface area contributed by atoms with E-state index in [1.165, 1.54) is 0 Å². The van der Waals surface area contributed by atoms with E-state index < -0.39 is 0 Å². The minimum Gasteiger partial charge on any atom is -0.379 e. The summed E-state index contributed by atoms with van der Waals surface area (Å²) in [6.07, 6.45) is 6.20. The highest BCUT2D eigenvalue weighted by Crippen LogP contribution is 2.31. The highest BCUT2D eigenvalue weighted by Gasteiger charge is 2.29. The van der Waals surface area contributed by atoms with Crippen molar-refractivity contribution in [2.75, 3.05) is 7.11 Å². The molecule has 2 rings (SSSR count). The first-order valence-corrected chi connectivity index (χ1v) is 6.86. The van der Waals surface area contributed by atoms with Crippen molar-refractivity contribution in [3.05, 3.63) is 34.2 Å². The average molecular weight is 249 g/mol. The minimum absolute atomic E-state index is 0.167. The van der Waals surface area contributed by atoms with Gasteiger partial charge in [0.05, 0.1) is 12.1 Å². The summed E-state index contributed by atoms with van der Waals surface area (Å²) in [6.45, 7) is 4.29. The summed E-state index contributed by atoms with van der Waals surface area (Å²) in [6, 6.07) is 4.16. The van der Waals surface area contributed by atoms with Gasteiger partial charge in [-0.1, -0.05) is 19.9 Å². The Morgan fingerprint density at radius 1 is 1.44 bits per heavy atom. The lowest BCUT2D eigenvalue weighted by molar-refractivity contribution is 0.0737. The van der Waals surface area contributed by atoms with E-state index in [9.17, 15) is 4.79 Å². The van der Waals surface area contributed by atoms with Crippen LogP contribution >= 0.6 is 0 Å². The van der Waals surface area contributed by atoms with E-state index in [-0.39, 0.29) is 17.7 Å². The molecule has 0 spiro atoms. The fraction of sp³-hybridized carbons (Fsp3) is 0.667. The second kappa shape index (κ2) is 5.70. The van der Waals surface area contributed by atoms with Gasteiger partial charge in [-0.3, -0.25) is 4.79 Å². The molecule has 18 heavy (non-hydrogen) atoms. The van der Waals surface area contributed by atoms with Crippen LogP contribution in [-0.4, -0.2) is 17.8 Å². The number of nitrogens with zero attached hydrogens (tertiary/aromatic N) is 1. The Bertz CT molecular complexity index is 450. The summed E-state index contributed by atoms with van der Waals surface area (Å²) >= 11 is 0. The van der Waals surface area contributed by atoms with Crippen molar-refractivity contribution in [3.63, 3.8) is 0 Å². The van der Waals surface area contributed by atoms with Crippen LogP contribution in [-0.2, 0) is 11.2 Å². The summed E-state index contributed by atoms with van der Waals surface area (Å²) < 4.78 is 7.38. The van der Waals surface area contributed by atoms with Crippen LogP contribution in [0.5, 0.6) is 0 Å². The van der Waals surface area contributed by atoms with Gasteiger partial charge in [-0.05, 0) is 37.7 Å². The van der Waals surface area contributed by atoms with E-state index in [0.29, 0.717) is 5.92 Å². The number of pyridine rings is 1. The van der Waals surface area contributed by atoms with Crippen molar-refractivity contribution in [3.8, 4) is 0 Å². The Morgan fingerprint density at radius 3 is 2.89 bits per heavy atom. The van der Waals surface area contributed by atoms with Crippen molar-refractivity contribution in [2.24, 2.45) is 5.92 Å². The lowest BCUT2D eigenvalue weighted by Crippen LogP contribution is -2.31. The molecule has 3 heteroatoms. The van der Waals surface area contributed by atoms with Crippen LogP contribution in [0, 0.1) is 5.92 Å². The summed E-state index contributed by atoms with van der Waals surface area (Å²) in [7, 11) is 1.74. The zero-order chi connectivity index (χ0) is 13.1. The zero-order valence-corrected chi connectivity index (χ0v) is 11.6. The van der Waals surface area contributed by atoms with Crippen LogP contribution in [0.1, 0.15) is 44.7 Å². The summed E-state index contributed by atoms with van der Waals surface area (Å²) in [4.78, 5) is 12.5. The standard InChI is InChI=1S/C15H23NO2/c1-11(2)10-12-6-5-9-16(15(12)17)13-7-4-8-14(13)18-3/h5-6,9,11,13-14H,4,7-8,10H2,1-3H3/t13-,14+/m1/s1. The molecular formula is C15H23NO2. The molecule has 0 saturated heterocycles. The normalized spacial score (nSPS) is 23.8. The highest BCUT2D eigenvalue weighted by molar-refractivity contribution is 5.12. The van der Waals surface area contributed by atoms with Gasteiger partial charge >= 0.3 is 0 Å². The first-order valence-electron chi connectivity index (χ1n) is 6.86. The van der Waals surface area contributed by atoms with Gasteiger partial charge in [0.15, 0.2) is 0 Å². The molecule has 1 aromatic rings. The van der Waals surface area contributed by atoms with Gasteiger partial charge in [0.25, 0.3) is 5.56 Å². The van der Waals surface area contributed by atoms with Crippen molar-refractivity contribution >= 4 is 0 Å². The molecule has 2 atom stereocenters. The maximum Gasteiger partial charge on any atom is 0.254 e. The van der Waals surface area contributed by atoms with Gasteiger partial charge in [-0.15, -0.1) is 0 Å². The molecular weight excluding hydrogens is 226 g/mol. The topological polar surface area (TPSA) is 31.2 Å². The SMILES string of the molecule is CO[C@H]1CCC[C@H]1n1cccc(CC(C)C)c1=O. The van der Waals surface area contributed by atoms with E-state index in [4.69, 9.17) is 4.74 Å². The first kappa shape index (κ1) is 13.3. The van der Waals surface area contributed by atoms with Crippen molar-refractivity contribution in [2.45, 2.75) is 51.7 Å². The average Bonchev–Trinajstić information content (AvgIpc) is 2.79. The Labute approximate surface area is 109 Å². The molecule has 1 aliphatic rings. The summed E-state index contributed by atoms with van der Waals surface area (Å²) in [5.74, 6) is 0.510. The van der Waals surface area contributed by atoms with Crippen molar-refractivity contribution in [1.82, 2.24) is 4.57 Å². The predicted octanol–water partition coefficient (Wildman–Crippen LogP) is 2.79. The van der Waals surface area contributed by atoms with Crippen LogP contribution in [0.3, 0.4) is 0 Å². The number of ether oxygens (including phenoxy) is 1. The van der Waals surface area contributed by atoms with E-state index >= 15 is 0 Å². The second-order valence-electron chi connectivity index (χ2n) is 5.62. The number of aromatic nitrogens is 1. The van der Waals surface area contributed by atoms with Crippen molar-refractivity contribution < 1.29 is 4.74 Å². The third-order valence-corrected chi connectivity index (χ3v) is 3.76. The fourth-order valence-corrected chi connectivity index (χ4v) is 2.91. The van der Waals surface area contributed by atoms with Crippen LogP contribution in [0.4, 0.5) is 0 Å². The molecule has 100 valence electrons. The van der Waals surface area contributed by atoms with E-state index in [2.05, 4.69) is 13.8 Å². The lowest BCUT2D eigenvalue weighted by atomic mass is 10.0. The Hall–Kier alpha value is -1.09. The van der Waals surface area contributed by atoms with Gasteiger partial charge in [-0.2, -0.15) is 0 Å². The van der Waals surface area contributed by atoms with Crippen LogP contribution in [0.15, 0.2) is 23.1 Å². The molecule has 1 aliphatic carbocycles. The molecule has 0 amide bonds. The molecule has 0 N–H and O–H groups in total. The van der Waals surface area contributed by atoms with Crippen LogP contribution in [0.25, 0.3) is 0 Å². The number of methoxy groups -OCH3 is 1. The number of hydrogen-bond donors (Lipinski definition) is 0. The van der Waals surface area contributed by atoms with Crippen molar-refractivity contribution in [1.29, 1.82) is 0 Å². The molecule has 0 aliphatic heterocycles. The quantitative estimate of drug-likeness (QED) is 0.821.